The van der Waals surface area contributed by atoms with E-state index in [9.17, 15) is 24.1 Å². The topological polar surface area (TPSA) is 98.5 Å². The fourth-order valence-corrected chi connectivity index (χ4v) is 3.57. The minimum atomic E-state index is -1.09. The van der Waals surface area contributed by atoms with E-state index in [1.54, 1.807) is 18.2 Å². The van der Waals surface area contributed by atoms with Gasteiger partial charge in [-0.25, -0.2) is 4.39 Å². The predicted molar refractivity (Wildman–Crippen MR) is 99.2 cm³/mol. The van der Waals surface area contributed by atoms with Crippen molar-refractivity contribution < 1.29 is 23.6 Å². The molecule has 1 aliphatic carbocycles. The summed E-state index contributed by atoms with van der Waals surface area (Å²) in [5.41, 5.74) is -0.743. The van der Waals surface area contributed by atoms with Gasteiger partial charge in [-0.15, -0.1) is 0 Å². The van der Waals surface area contributed by atoms with Gasteiger partial charge in [-0.2, -0.15) is 0 Å². The summed E-state index contributed by atoms with van der Waals surface area (Å²) in [5.74, 6) is -1.73. The van der Waals surface area contributed by atoms with Gasteiger partial charge >= 0.3 is 5.97 Å². The molecule has 7 nitrogen and oxygen atoms in total. The van der Waals surface area contributed by atoms with Crippen molar-refractivity contribution in [1.29, 1.82) is 0 Å². The van der Waals surface area contributed by atoms with Gasteiger partial charge in [0.1, 0.15) is 5.82 Å². The van der Waals surface area contributed by atoms with E-state index in [-0.39, 0.29) is 16.9 Å². The standard InChI is InChI=1S/C20H19FN2O5/c21-17-9-2-1-8-16(17)20(10-3-4-11-20)19(25)28-13-18(24)22-14-6-5-7-15(12-14)23(26)27/h1-2,5-9,12H,3-4,10-11,13H2,(H,22,24). The van der Waals surface area contributed by atoms with Crippen molar-refractivity contribution >= 4 is 23.3 Å². The van der Waals surface area contributed by atoms with Gasteiger partial charge in [0.25, 0.3) is 11.6 Å². The summed E-state index contributed by atoms with van der Waals surface area (Å²) in [6, 6.07) is 11.5. The summed E-state index contributed by atoms with van der Waals surface area (Å²) in [6.07, 6.45) is 2.45. The molecule has 28 heavy (non-hydrogen) atoms. The Morgan fingerprint density at radius 1 is 1.14 bits per heavy atom. The number of ether oxygens (including phenoxy) is 1. The first kappa shape index (κ1) is 19.5. The van der Waals surface area contributed by atoms with E-state index in [0.717, 1.165) is 12.8 Å². The fourth-order valence-electron chi connectivity index (χ4n) is 3.57. The number of nitro benzene ring substituents is 1. The van der Waals surface area contributed by atoms with Gasteiger partial charge in [0.2, 0.25) is 0 Å². The molecule has 1 amide bonds. The number of rotatable bonds is 6. The van der Waals surface area contributed by atoms with Crippen LogP contribution in [0.5, 0.6) is 0 Å². The molecule has 0 bridgehead atoms. The average molecular weight is 386 g/mol. The molecule has 0 heterocycles. The summed E-state index contributed by atoms with van der Waals surface area (Å²) in [5, 5.41) is 13.2. The lowest BCUT2D eigenvalue weighted by Crippen LogP contribution is -2.37. The van der Waals surface area contributed by atoms with Crippen LogP contribution in [0, 0.1) is 15.9 Å². The first-order chi connectivity index (χ1) is 13.4. The third kappa shape index (κ3) is 4.00. The largest absolute Gasteiger partial charge is 0.455 e. The van der Waals surface area contributed by atoms with E-state index in [4.69, 9.17) is 4.74 Å². The summed E-state index contributed by atoms with van der Waals surface area (Å²) < 4.78 is 19.5. The van der Waals surface area contributed by atoms with Gasteiger partial charge in [0, 0.05) is 23.4 Å². The number of hydrogen-bond donors (Lipinski definition) is 1. The molecular weight excluding hydrogens is 367 g/mol. The van der Waals surface area contributed by atoms with Crippen molar-refractivity contribution in [2.75, 3.05) is 11.9 Å². The zero-order valence-electron chi connectivity index (χ0n) is 15.0. The number of anilines is 1. The van der Waals surface area contributed by atoms with E-state index in [1.165, 1.54) is 30.3 Å². The molecule has 1 fully saturated rings. The normalized spacial score (nSPS) is 15.0. The third-order valence-electron chi connectivity index (χ3n) is 4.91. The summed E-state index contributed by atoms with van der Waals surface area (Å²) >= 11 is 0. The molecule has 2 aromatic rings. The molecule has 0 aliphatic heterocycles. The minimum absolute atomic E-state index is 0.167. The van der Waals surface area contributed by atoms with Gasteiger partial charge in [-0.3, -0.25) is 19.7 Å². The number of benzene rings is 2. The highest BCUT2D eigenvalue weighted by Gasteiger charge is 2.45. The van der Waals surface area contributed by atoms with Crippen molar-refractivity contribution in [3.8, 4) is 0 Å². The van der Waals surface area contributed by atoms with Crippen LogP contribution >= 0.6 is 0 Å². The molecule has 0 atom stereocenters. The van der Waals surface area contributed by atoms with Crippen molar-refractivity contribution in [3.63, 3.8) is 0 Å². The van der Waals surface area contributed by atoms with Gasteiger partial charge in [-0.1, -0.05) is 37.1 Å². The number of hydrogen-bond acceptors (Lipinski definition) is 5. The van der Waals surface area contributed by atoms with Crippen LogP contribution < -0.4 is 5.32 Å². The first-order valence-corrected chi connectivity index (χ1v) is 8.89. The number of nitrogens with one attached hydrogen (secondary N) is 1. The second-order valence-corrected chi connectivity index (χ2v) is 6.70. The number of carbonyl (C=O) groups is 2. The highest BCUT2D eigenvalue weighted by Crippen LogP contribution is 2.43. The summed E-state index contributed by atoms with van der Waals surface area (Å²) in [6.45, 7) is -0.558. The second kappa shape index (κ2) is 8.16. The maximum absolute atomic E-state index is 14.3. The smallest absolute Gasteiger partial charge is 0.317 e. The van der Waals surface area contributed by atoms with Gasteiger partial charge in [0.05, 0.1) is 10.3 Å². The van der Waals surface area contributed by atoms with E-state index >= 15 is 0 Å². The Balaban J connectivity index is 1.67. The van der Waals surface area contributed by atoms with E-state index < -0.39 is 34.6 Å². The Hall–Kier alpha value is -3.29. The first-order valence-electron chi connectivity index (χ1n) is 8.89. The van der Waals surface area contributed by atoms with Gasteiger partial charge < -0.3 is 10.1 Å². The molecule has 8 heteroatoms. The van der Waals surface area contributed by atoms with Crippen LogP contribution in [0.1, 0.15) is 31.2 Å². The third-order valence-corrected chi connectivity index (χ3v) is 4.91. The molecule has 0 radical (unpaired) electrons. The van der Waals surface area contributed by atoms with Crippen LogP contribution in [0.2, 0.25) is 0 Å². The average Bonchev–Trinajstić information content (AvgIpc) is 3.17. The lowest BCUT2D eigenvalue weighted by molar-refractivity contribution is -0.384. The quantitative estimate of drug-likeness (QED) is 0.463. The lowest BCUT2D eigenvalue weighted by atomic mass is 9.78. The van der Waals surface area contributed by atoms with Crippen LogP contribution in [0.15, 0.2) is 48.5 Å². The van der Waals surface area contributed by atoms with E-state index in [1.807, 2.05) is 0 Å². The van der Waals surface area contributed by atoms with E-state index in [2.05, 4.69) is 5.32 Å². The van der Waals surface area contributed by atoms with Crippen molar-refractivity contribution in [1.82, 2.24) is 0 Å². The number of halogens is 1. The van der Waals surface area contributed by atoms with Crippen molar-refractivity contribution in [2.24, 2.45) is 0 Å². The molecular formula is C20H19FN2O5. The molecule has 0 unspecified atom stereocenters. The highest BCUT2D eigenvalue weighted by molar-refractivity contribution is 5.94. The van der Waals surface area contributed by atoms with Crippen LogP contribution in [0.3, 0.4) is 0 Å². The molecule has 146 valence electrons. The Kier molecular flexibility index (Phi) is 5.67. The maximum atomic E-state index is 14.3. The van der Waals surface area contributed by atoms with Crippen LogP contribution in [0.4, 0.5) is 15.8 Å². The number of nitrogens with zero attached hydrogens (tertiary/aromatic N) is 1. The number of nitro groups is 1. The maximum Gasteiger partial charge on any atom is 0.317 e. The molecule has 0 saturated heterocycles. The number of esters is 1. The van der Waals surface area contributed by atoms with Crippen molar-refractivity contribution in [2.45, 2.75) is 31.1 Å². The molecule has 0 aromatic heterocycles. The molecule has 0 spiro atoms. The predicted octanol–water partition coefficient (Wildman–Crippen LogP) is 3.73. The molecule has 1 N–H and O–H groups in total. The zero-order valence-corrected chi connectivity index (χ0v) is 15.0. The highest BCUT2D eigenvalue weighted by atomic mass is 19.1. The number of non-ortho nitro benzene ring substituents is 1. The SMILES string of the molecule is O=C(COC(=O)C1(c2ccccc2F)CCCC1)Nc1cccc([N+](=O)[O-])c1. The Morgan fingerprint density at radius 3 is 2.54 bits per heavy atom. The van der Waals surface area contributed by atoms with Crippen LogP contribution in [0.25, 0.3) is 0 Å². The van der Waals surface area contributed by atoms with Crippen molar-refractivity contribution in [3.05, 3.63) is 70.0 Å². The fraction of sp³-hybridized carbons (Fsp3) is 0.300. The van der Waals surface area contributed by atoms with Crippen LogP contribution in [-0.4, -0.2) is 23.4 Å². The number of amides is 1. The molecule has 2 aromatic carbocycles. The number of carbonyl (C=O) groups excluding carboxylic acids is 2. The Labute approximate surface area is 160 Å². The van der Waals surface area contributed by atoms with E-state index in [0.29, 0.717) is 12.8 Å². The second-order valence-electron chi connectivity index (χ2n) is 6.70. The monoisotopic (exact) mass is 386 g/mol. The van der Waals surface area contributed by atoms with Gasteiger partial charge in [0.15, 0.2) is 6.61 Å². The lowest BCUT2D eigenvalue weighted by Gasteiger charge is -2.27. The molecule has 3 rings (SSSR count). The molecule has 1 aliphatic rings. The zero-order chi connectivity index (χ0) is 20.1. The van der Waals surface area contributed by atoms with Crippen LogP contribution in [-0.2, 0) is 19.7 Å². The Bertz CT molecular complexity index is 909. The summed E-state index contributed by atoms with van der Waals surface area (Å²) in [7, 11) is 0. The summed E-state index contributed by atoms with van der Waals surface area (Å²) in [4.78, 5) is 35.1. The van der Waals surface area contributed by atoms with Gasteiger partial charge in [-0.05, 0) is 25.0 Å². The minimum Gasteiger partial charge on any atom is -0.455 e. The molecule has 1 saturated carbocycles. The Morgan fingerprint density at radius 2 is 1.86 bits per heavy atom.